The number of fused-ring (bicyclic) bond motifs is 1. The van der Waals surface area contributed by atoms with E-state index in [0.29, 0.717) is 39.1 Å². The van der Waals surface area contributed by atoms with Gasteiger partial charge >= 0.3 is 0 Å². The first-order valence-corrected chi connectivity index (χ1v) is 12.3. The van der Waals surface area contributed by atoms with Gasteiger partial charge in [0, 0.05) is 31.2 Å². The zero-order valence-electron chi connectivity index (χ0n) is 20.3. The summed E-state index contributed by atoms with van der Waals surface area (Å²) in [6.45, 7) is 6.54. The summed E-state index contributed by atoms with van der Waals surface area (Å²) in [5, 5.41) is 5.04. The van der Waals surface area contributed by atoms with Crippen molar-refractivity contribution in [1.82, 2.24) is 19.2 Å². The van der Waals surface area contributed by atoms with Crippen LogP contribution in [0.5, 0.6) is 0 Å². The Bertz CT molecular complexity index is 1370. The number of amides is 1. The molecule has 4 aromatic rings. The van der Waals surface area contributed by atoms with Gasteiger partial charge in [0.25, 0.3) is 0 Å². The Morgan fingerprint density at radius 3 is 2.37 bits per heavy atom. The maximum absolute atomic E-state index is 14.2. The Balaban J connectivity index is 1.39. The van der Waals surface area contributed by atoms with Crippen LogP contribution in [0.3, 0.4) is 0 Å². The number of nitrogens with zero attached hydrogens (tertiary/aromatic N) is 4. The van der Waals surface area contributed by atoms with Crippen molar-refractivity contribution in [2.45, 2.75) is 45.2 Å². The molecule has 6 rings (SSSR count). The summed E-state index contributed by atoms with van der Waals surface area (Å²) in [6, 6.07) is 20.7. The molecule has 4 heterocycles. The summed E-state index contributed by atoms with van der Waals surface area (Å²) in [5.41, 5.74) is 6.16. The highest BCUT2D eigenvalue weighted by Gasteiger charge is 2.46. The highest BCUT2D eigenvalue weighted by Crippen LogP contribution is 2.40. The molecule has 2 aromatic carbocycles. The van der Waals surface area contributed by atoms with Crippen molar-refractivity contribution in [2.24, 2.45) is 0 Å². The molecule has 0 bridgehead atoms. The van der Waals surface area contributed by atoms with Gasteiger partial charge < -0.3 is 14.2 Å². The molecule has 2 aromatic heterocycles. The quantitative estimate of drug-likeness (QED) is 0.431. The summed E-state index contributed by atoms with van der Waals surface area (Å²) in [7, 11) is 0. The van der Waals surface area contributed by atoms with Crippen molar-refractivity contribution >= 4 is 5.91 Å². The topological polar surface area (TPSA) is 52.3 Å². The predicted octanol–water partition coefficient (Wildman–Crippen LogP) is 4.87. The van der Waals surface area contributed by atoms with Gasteiger partial charge in [0.2, 0.25) is 5.91 Å². The normalized spacial score (nSPS) is 16.9. The van der Waals surface area contributed by atoms with E-state index in [1.54, 1.807) is 0 Å². The van der Waals surface area contributed by atoms with Crippen LogP contribution in [0.15, 0.2) is 73.1 Å². The van der Waals surface area contributed by atoms with Crippen LogP contribution in [0.25, 0.3) is 11.5 Å². The van der Waals surface area contributed by atoms with Crippen LogP contribution in [0.1, 0.15) is 40.8 Å². The maximum Gasteiger partial charge on any atom is 0.234 e. The molecule has 1 amide bonds. The summed E-state index contributed by atoms with van der Waals surface area (Å²) in [6.07, 6.45) is 5.50. The van der Waals surface area contributed by atoms with Crippen LogP contribution >= 0.6 is 0 Å². The van der Waals surface area contributed by atoms with Gasteiger partial charge in [-0.15, -0.1) is 0 Å². The van der Waals surface area contributed by atoms with Crippen molar-refractivity contribution in [1.29, 1.82) is 0 Å². The first-order chi connectivity index (χ1) is 17.1. The lowest BCUT2D eigenvalue weighted by Gasteiger charge is -2.39. The summed E-state index contributed by atoms with van der Waals surface area (Å²) in [4.78, 5) is 16.1. The van der Waals surface area contributed by atoms with Crippen LogP contribution in [0, 0.1) is 13.8 Å². The predicted molar refractivity (Wildman–Crippen MR) is 135 cm³/mol. The van der Waals surface area contributed by atoms with Gasteiger partial charge in [-0.25, -0.2) is 4.68 Å². The molecule has 0 aliphatic carbocycles. The second-order valence-corrected chi connectivity index (χ2v) is 9.74. The van der Waals surface area contributed by atoms with Gasteiger partial charge in [-0.2, -0.15) is 5.10 Å². The lowest BCUT2D eigenvalue weighted by atomic mass is 9.73. The fraction of sp³-hybridized carbons (Fsp3) is 0.310. The van der Waals surface area contributed by atoms with E-state index in [1.165, 1.54) is 11.1 Å². The first kappa shape index (κ1) is 21.9. The average Bonchev–Trinajstić information content (AvgIpc) is 3.63. The fourth-order valence-corrected chi connectivity index (χ4v) is 5.53. The third-order valence-corrected chi connectivity index (χ3v) is 7.68. The summed E-state index contributed by atoms with van der Waals surface area (Å²) >= 11 is 0. The standard InChI is InChI=1S/C29H30N4O2/c1-21-10-11-24(18-22(21)2)33-27(31-14-6-7-15-31)25-19-32(20-26(25)30-33)28(34)29(12-16-35-17-13-29)23-8-4-3-5-9-23/h3-11,14-15,18H,12-13,16-17,19-20H2,1-2H3. The van der Waals surface area contributed by atoms with Gasteiger partial charge in [-0.1, -0.05) is 36.4 Å². The molecule has 0 radical (unpaired) electrons. The Morgan fingerprint density at radius 1 is 0.914 bits per heavy atom. The molecule has 2 aliphatic heterocycles. The molecule has 6 heteroatoms. The zero-order chi connectivity index (χ0) is 24.0. The minimum absolute atomic E-state index is 0.182. The molecule has 0 unspecified atom stereocenters. The molecule has 35 heavy (non-hydrogen) atoms. The van der Waals surface area contributed by atoms with E-state index in [1.807, 2.05) is 52.3 Å². The van der Waals surface area contributed by atoms with E-state index in [0.717, 1.165) is 28.3 Å². The second kappa shape index (κ2) is 8.54. The van der Waals surface area contributed by atoms with E-state index < -0.39 is 5.41 Å². The van der Waals surface area contributed by atoms with E-state index in [2.05, 4.69) is 48.7 Å². The lowest BCUT2D eigenvalue weighted by Crippen LogP contribution is -2.48. The second-order valence-electron chi connectivity index (χ2n) is 9.74. The highest BCUT2D eigenvalue weighted by molar-refractivity contribution is 5.89. The molecule has 1 saturated heterocycles. The molecule has 2 aliphatic rings. The average molecular weight is 467 g/mol. The molecule has 178 valence electrons. The number of ether oxygens (including phenoxy) is 1. The number of benzene rings is 2. The Morgan fingerprint density at radius 2 is 1.66 bits per heavy atom. The number of carbonyl (C=O) groups is 1. The Labute approximate surface area is 205 Å². The first-order valence-electron chi connectivity index (χ1n) is 12.3. The lowest BCUT2D eigenvalue weighted by molar-refractivity contribution is -0.142. The zero-order valence-corrected chi connectivity index (χ0v) is 20.3. The molecule has 0 saturated carbocycles. The van der Waals surface area contributed by atoms with Crippen molar-refractivity contribution in [3.8, 4) is 11.5 Å². The highest BCUT2D eigenvalue weighted by atomic mass is 16.5. The third kappa shape index (κ3) is 3.60. The molecule has 0 atom stereocenters. The SMILES string of the molecule is Cc1ccc(-n2nc3c(c2-n2cccc2)CN(C(=O)C2(c4ccccc4)CCOCC2)C3)cc1C. The Hall–Kier alpha value is -3.64. The van der Waals surface area contributed by atoms with Crippen molar-refractivity contribution in [3.05, 3.63) is 101 Å². The number of rotatable bonds is 4. The van der Waals surface area contributed by atoms with Gasteiger partial charge in [0.05, 0.1) is 29.9 Å². The minimum atomic E-state index is -0.541. The molecule has 1 fully saturated rings. The van der Waals surface area contributed by atoms with Gasteiger partial charge in [0.1, 0.15) is 5.82 Å². The van der Waals surface area contributed by atoms with Gasteiger partial charge in [-0.05, 0) is 67.6 Å². The van der Waals surface area contributed by atoms with Crippen LogP contribution in [0.2, 0.25) is 0 Å². The number of hydrogen-bond donors (Lipinski definition) is 0. The number of aromatic nitrogens is 3. The third-order valence-electron chi connectivity index (χ3n) is 7.68. The summed E-state index contributed by atoms with van der Waals surface area (Å²) < 4.78 is 9.80. The van der Waals surface area contributed by atoms with E-state index in [-0.39, 0.29) is 5.91 Å². The van der Waals surface area contributed by atoms with Crippen LogP contribution in [-0.4, -0.2) is 38.4 Å². The maximum atomic E-state index is 14.2. The monoisotopic (exact) mass is 466 g/mol. The summed E-state index contributed by atoms with van der Waals surface area (Å²) in [5.74, 6) is 1.19. The number of carbonyl (C=O) groups excluding carboxylic acids is 1. The molecule has 6 nitrogen and oxygen atoms in total. The van der Waals surface area contributed by atoms with Crippen LogP contribution < -0.4 is 0 Å². The van der Waals surface area contributed by atoms with Crippen molar-refractivity contribution < 1.29 is 9.53 Å². The fourth-order valence-electron chi connectivity index (χ4n) is 5.53. The molecule has 0 spiro atoms. The molecular formula is C29H30N4O2. The number of hydrogen-bond acceptors (Lipinski definition) is 3. The van der Waals surface area contributed by atoms with Crippen LogP contribution in [-0.2, 0) is 28.0 Å². The largest absolute Gasteiger partial charge is 0.381 e. The van der Waals surface area contributed by atoms with Crippen LogP contribution in [0.4, 0.5) is 0 Å². The number of aryl methyl sites for hydroxylation is 2. The van der Waals surface area contributed by atoms with Crippen molar-refractivity contribution in [2.75, 3.05) is 13.2 Å². The Kier molecular flexibility index (Phi) is 5.33. The van der Waals surface area contributed by atoms with Gasteiger partial charge in [-0.3, -0.25) is 4.79 Å². The molecule has 0 N–H and O–H groups in total. The van der Waals surface area contributed by atoms with E-state index in [9.17, 15) is 4.79 Å². The smallest absolute Gasteiger partial charge is 0.234 e. The minimum Gasteiger partial charge on any atom is -0.381 e. The van der Waals surface area contributed by atoms with E-state index in [4.69, 9.17) is 9.84 Å². The van der Waals surface area contributed by atoms with Gasteiger partial charge in [0.15, 0.2) is 0 Å². The van der Waals surface area contributed by atoms with Crippen molar-refractivity contribution in [3.63, 3.8) is 0 Å². The molecular weight excluding hydrogens is 436 g/mol. The van der Waals surface area contributed by atoms with E-state index >= 15 is 0 Å².